The zero-order valence-corrected chi connectivity index (χ0v) is 9.80. The number of alkyl halides is 2. The van der Waals surface area contributed by atoms with Crippen LogP contribution in [0.5, 0.6) is 0 Å². The van der Waals surface area contributed by atoms with E-state index < -0.39 is 49.2 Å². The molecule has 0 aromatic rings. The molecule has 1 saturated heterocycles. The molecule has 0 bridgehead atoms. The standard InChI is InChI=1S/C8H12F2N4O6/c9-8(10,13-14-11)7(19)12-3-5(17)4(16)2(1-15)20-6(3)18/h2-6,15-18H,1H2,(H,12,19)/t2?,3?,4-,5+,6?/m0/s1. The van der Waals surface area contributed by atoms with Crippen LogP contribution in [0.1, 0.15) is 0 Å². The van der Waals surface area contributed by atoms with Crippen molar-refractivity contribution in [1.82, 2.24) is 5.32 Å². The highest BCUT2D eigenvalue weighted by molar-refractivity contribution is 5.83. The number of ether oxygens (including phenoxy) is 1. The summed E-state index contributed by atoms with van der Waals surface area (Å²) in [6.45, 7) is -0.745. The lowest BCUT2D eigenvalue weighted by Crippen LogP contribution is -2.65. The third-order valence-electron chi connectivity index (χ3n) is 2.64. The van der Waals surface area contributed by atoms with E-state index >= 15 is 0 Å². The number of nitrogens with one attached hydrogen (secondary N) is 1. The molecule has 0 aromatic carbocycles. The van der Waals surface area contributed by atoms with Gasteiger partial charge in [0.2, 0.25) is 0 Å². The average Bonchev–Trinajstić information content (AvgIpc) is 2.38. The first-order chi connectivity index (χ1) is 9.24. The first-order valence-corrected chi connectivity index (χ1v) is 5.30. The Morgan fingerprint density at radius 1 is 1.40 bits per heavy atom. The molecule has 3 unspecified atom stereocenters. The van der Waals surface area contributed by atoms with Gasteiger partial charge in [-0.25, -0.2) is 0 Å². The fraction of sp³-hybridized carbons (Fsp3) is 0.875. The van der Waals surface area contributed by atoms with Crippen molar-refractivity contribution in [2.24, 2.45) is 5.11 Å². The van der Waals surface area contributed by atoms with Crippen molar-refractivity contribution in [3.8, 4) is 0 Å². The summed E-state index contributed by atoms with van der Waals surface area (Å²) < 4.78 is 30.5. The van der Waals surface area contributed by atoms with Gasteiger partial charge in [0.15, 0.2) is 6.29 Å². The van der Waals surface area contributed by atoms with Crippen LogP contribution >= 0.6 is 0 Å². The van der Waals surface area contributed by atoms with Crippen LogP contribution in [0.3, 0.4) is 0 Å². The summed E-state index contributed by atoms with van der Waals surface area (Å²) in [5.41, 5.74) is 7.88. The fourth-order valence-corrected chi connectivity index (χ4v) is 1.59. The van der Waals surface area contributed by atoms with E-state index in [0.717, 1.165) is 0 Å². The summed E-state index contributed by atoms with van der Waals surface area (Å²) in [5.74, 6) is -2.09. The minimum Gasteiger partial charge on any atom is -0.394 e. The molecule has 0 aromatic heterocycles. The van der Waals surface area contributed by atoms with E-state index in [-0.39, 0.29) is 0 Å². The zero-order chi connectivity index (χ0) is 15.5. The van der Waals surface area contributed by atoms with Crippen molar-refractivity contribution in [1.29, 1.82) is 0 Å². The third-order valence-corrected chi connectivity index (χ3v) is 2.64. The molecule has 0 aliphatic carbocycles. The van der Waals surface area contributed by atoms with E-state index in [1.807, 2.05) is 5.11 Å². The van der Waals surface area contributed by atoms with Crippen molar-refractivity contribution in [2.75, 3.05) is 6.61 Å². The van der Waals surface area contributed by atoms with Gasteiger partial charge in [-0.05, 0) is 10.6 Å². The molecule has 5 N–H and O–H groups in total. The predicted molar refractivity (Wildman–Crippen MR) is 56.0 cm³/mol. The molecule has 1 amide bonds. The number of carbonyl (C=O) groups is 1. The van der Waals surface area contributed by atoms with Gasteiger partial charge in [0.1, 0.15) is 24.4 Å². The number of halogens is 2. The van der Waals surface area contributed by atoms with Crippen molar-refractivity contribution >= 4 is 5.91 Å². The minimum atomic E-state index is -4.44. The smallest absolute Gasteiger partial charge is 0.394 e. The molecule has 1 fully saturated rings. The predicted octanol–water partition coefficient (Wildman–Crippen LogP) is -2.19. The van der Waals surface area contributed by atoms with Gasteiger partial charge in [-0.1, -0.05) is 0 Å². The minimum absolute atomic E-state index is 0.745. The van der Waals surface area contributed by atoms with Crippen LogP contribution in [0, 0.1) is 0 Å². The summed E-state index contributed by atoms with van der Waals surface area (Å²) in [6.07, 6.45) is -6.88. The van der Waals surface area contributed by atoms with Gasteiger partial charge < -0.3 is 30.5 Å². The molecule has 0 saturated carbocycles. The average molecular weight is 298 g/mol. The number of azide groups is 1. The normalized spacial score (nSPS) is 34.2. The molecular weight excluding hydrogens is 286 g/mol. The lowest BCUT2D eigenvalue weighted by Gasteiger charge is -2.40. The highest BCUT2D eigenvalue weighted by atomic mass is 19.3. The Morgan fingerprint density at radius 2 is 2.00 bits per heavy atom. The Balaban J connectivity index is 2.81. The van der Waals surface area contributed by atoms with E-state index in [9.17, 15) is 28.9 Å². The lowest BCUT2D eigenvalue weighted by atomic mass is 9.97. The van der Waals surface area contributed by atoms with Crippen LogP contribution < -0.4 is 5.32 Å². The van der Waals surface area contributed by atoms with Gasteiger partial charge in [0.05, 0.1) is 6.61 Å². The van der Waals surface area contributed by atoms with E-state index in [2.05, 4.69) is 4.74 Å². The lowest BCUT2D eigenvalue weighted by molar-refractivity contribution is -0.254. The Hall–Kier alpha value is -1.56. The van der Waals surface area contributed by atoms with Crippen molar-refractivity contribution < 1.29 is 38.7 Å². The number of hydrogen-bond acceptors (Lipinski definition) is 7. The second-order valence-electron chi connectivity index (χ2n) is 3.96. The van der Waals surface area contributed by atoms with E-state index in [1.54, 1.807) is 4.91 Å². The van der Waals surface area contributed by atoms with Crippen molar-refractivity contribution in [3.63, 3.8) is 0 Å². The number of aliphatic hydroxyl groups is 4. The maximum absolute atomic E-state index is 12.9. The van der Waals surface area contributed by atoms with E-state index in [0.29, 0.717) is 0 Å². The van der Waals surface area contributed by atoms with Crippen LogP contribution in [0.25, 0.3) is 10.4 Å². The van der Waals surface area contributed by atoms with Gasteiger partial charge in [0, 0.05) is 4.91 Å². The van der Waals surface area contributed by atoms with Gasteiger partial charge in [0.25, 0.3) is 5.91 Å². The Kier molecular flexibility index (Phi) is 5.16. The third kappa shape index (κ3) is 3.30. The van der Waals surface area contributed by atoms with E-state index in [4.69, 9.17) is 10.6 Å². The van der Waals surface area contributed by atoms with Gasteiger partial charge in [-0.15, -0.1) is 0 Å². The first kappa shape index (κ1) is 16.5. The van der Waals surface area contributed by atoms with Crippen LogP contribution in [-0.4, -0.2) is 69.6 Å². The second-order valence-corrected chi connectivity index (χ2v) is 3.96. The first-order valence-electron chi connectivity index (χ1n) is 5.30. The molecule has 0 spiro atoms. The van der Waals surface area contributed by atoms with Crippen LogP contribution in [0.4, 0.5) is 8.78 Å². The molecule has 1 heterocycles. The van der Waals surface area contributed by atoms with Crippen LogP contribution in [0.2, 0.25) is 0 Å². The number of hydrogen-bond donors (Lipinski definition) is 5. The highest BCUT2D eigenvalue weighted by Crippen LogP contribution is 2.22. The molecule has 1 aliphatic rings. The quantitative estimate of drug-likeness (QED) is 0.171. The van der Waals surface area contributed by atoms with Crippen molar-refractivity contribution in [3.05, 3.63) is 10.4 Å². The Morgan fingerprint density at radius 3 is 2.50 bits per heavy atom. The summed E-state index contributed by atoms with van der Waals surface area (Å²) in [5, 5.41) is 40.7. The Labute approximate surface area is 110 Å². The molecule has 5 atom stereocenters. The number of carbonyl (C=O) groups excluding carboxylic acids is 1. The summed E-state index contributed by atoms with van der Waals surface area (Å²) in [4.78, 5) is 12.9. The molecular formula is C8H12F2N4O6. The molecule has 114 valence electrons. The molecule has 20 heavy (non-hydrogen) atoms. The maximum Gasteiger partial charge on any atom is 0.401 e. The summed E-state index contributed by atoms with van der Waals surface area (Å²) in [6, 6.07) is -6.23. The number of nitrogens with zero attached hydrogens (tertiary/aromatic N) is 3. The highest BCUT2D eigenvalue weighted by Gasteiger charge is 2.47. The molecule has 1 rings (SSSR count). The summed E-state index contributed by atoms with van der Waals surface area (Å²) >= 11 is 0. The topological polar surface area (TPSA) is 168 Å². The molecule has 1 aliphatic heterocycles. The SMILES string of the molecule is [N-]=[N+]=NC(F)(F)C(=O)NC1C(O)OC(CO)[C@H](O)[C@@H]1O. The van der Waals surface area contributed by atoms with Crippen LogP contribution in [0.15, 0.2) is 5.11 Å². The van der Waals surface area contributed by atoms with Crippen LogP contribution in [-0.2, 0) is 9.53 Å². The monoisotopic (exact) mass is 298 g/mol. The van der Waals surface area contributed by atoms with Gasteiger partial charge >= 0.3 is 6.05 Å². The van der Waals surface area contributed by atoms with E-state index in [1.165, 1.54) is 5.32 Å². The molecule has 10 nitrogen and oxygen atoms in total. The maximum atomic E-state index is 12.9. The number of rotatable bonds is 4. The fourth-order valence-electron chi connectivity index (χ4n) is 1.59. The molecule has 12 heteroatoms. The second kappa shape index (κ2) is 6.26. The summed E-state index contributed by atoms with van der Waals surface area (Å²) in [7, 11) is 0. The zero-order valence-electron chi connectivity index (χ0n) is 9.80. The number of amides is 1. The van der Waals surface area contributed by atoms with Gasteiger partial charge in [-0.3, -0.25) is 4.79 Å². The van der Waals surface area contributed by atoms with Crippen molar-refractivity contribution in [2.45, 2.75) is 36.7 Å². The number of aliphatic hydroxyl groups excluding tert-OH is 4. The molecule has 0 radical (unpaired) electrons. The Bertz CT molecular complexity index is 418. The van der Waals surface area contributed by atoms with Gasteiger partial charge in [-0.2, -0.15) is 8.78 Å². The largest absolute Gasteiger partial charge is 0.401 e.